The van der Waals surface area contributed by atoms with Crippen LogP contribution >= 0.6 is 0 Å². The van der Waals surface area contributed by atoms with Crippen LogP contribution in [0.5, 0.6) is 0 Å². The number of rotatable bonds is 0. The van der Waals surface area contributed by atoms with Gasteiger partial charge >= 0.3 is 0 Å². The summed E-state index contributed by atoms with van der Waals surface area (Å²) in [4.78, 5) is 2.73. The third kappa shape index (κ3) is 1.31. The Kier molecular flexibility index (Phi) is 1.92. The Morgan fingerprint density at radius 1 is 1.18 bits per heavy atom. The van der Waals surface area contributed by atoms with E-state index in [-0.39, 0.29) is 0 Å². The summed E-state index contributed by atoms with van der Waals surface area (Å²) in [5, 5.41) is 0. The molecule has 2 heterocycles. The van der Waals surface area contributed by atoms with Gasteiger partial charge in [0.25, 0.3) is 0 Å². The Morgan fingerprint density at radius 3 is 2.73 bits per heavy atom. The van der Waals surface area contributed by atoms with Gasteiger partial charge in [-0.05, 0) is 32.1 Å². The molecule has 1 heteroatoms. The molecule has 0 aromatic carbocycles. The average Bonchev–Trinajstić information content (AvgIpc) is 2.31. The van der Waals surface area contributed by atoms with Crippen molar-refractivity contribution in [1.82, 2.24) is 4.90 Å². The van der Waals surface area contributed by atoms with E-state index in [4.69, 9.17) is 0 Å². The van der Waals surface area contributed by atoms with Gasteiger partial charge in [-0.25, -0.2) is 0 Å². The molecule has 0 spiro atoms. The quantitative estimate of drug-likeness (QED) is 0.516. The molecule has 3 unspecified atom stereocenters. The number of hydrogen-bond donors (Lipinski definition) is 0. The maximum absolute atomic E-state index is 2.73. The average molecular weight is 153 g/mol. The van der Waals surface area contributed by atoms with Gasteiger partial charge in [0, 0.05) is 18.6 Å². The molecule has 1 nitrogen and oxygen atoms in total. The summed E-state index contributed by atoms with van der Waals surface area (Å²) in [5.74, 6) is 0.959. The summed E-state index contributed by atoms with van der Waals surface area (Å²) >= 11 is 0. The van der Waals surface area contributed by atoms with E-state index in [9.17, 15) is 0 Å². The highest BCUT2D eigenvalue weighted by molar-refractivity contribution is 4.89. The third-order valence-corrected chi connectivity index (χ3v) is 3.39. The predicted molar refractivity (Wildman–Crippen MR) is 47.6 cm³/mol. The van der Waals surface area contributed by atoms with E-state index in [0.717, 1.165) is 18.0 Å². The summed E-state index contributed by atoms with van der Waals surface area (Å²) < 4.78 is 0. The molecular formula is C10H19N. The molecule has 64 valence electrons. The van der Waals surface area contributed by atoms with Crippen molar-refractivity contribution in [2.24, 2.45) is 5.92 Å². The van der Waals surface area contributed by atoms with Gasteiger partial charge in [0.05, 0.1) is 0 Å². The molecule has 0 amide bonds. The van der Waals surface area contributed by atoms with Gasteiger partial charge in [-0.3, -0.25) is 4.90 Å². The summed E-state index contributed by atoms with van der Waals surface area (Å²) in [6, 6.07) is 1.83. The van der Waals surface area contributed by atoms with Gasteiger partial charge in [0.15, 0.2) is 0 Å². The third-order valence-electron chi connectivity index (χ3n) is 3.39. The van der Waals surface area contributed by atoms with Crippen LogP contribution in [0.1, 0.15) is 39.5 Å². The van der Waals surface area contributed by atoms with E-state index >= 15 is 0 Å². The Bertz CT molecular complexity index is 144. The maximum Gasteiger partial charge on any atom is 0.0101 e. The summed E-state index contributed by atoms with van der Waals surface area (Å²) in [6.45, 7) is 6.15. The lowest BCUT2D eigenvalue weighted by molar-refractivity contribution is 0.133. The second-order valence-corrected chi connectivity index (χ2v) is 4.47. The van der Waals surface area contributed by atoms with E-state index in [1.54, 1.807) is 0 Å². The first-order chi connectivity index (χ1) is 5.27. The molecule has 2 rings (SSSR count). The molecular weight excluding hydrogens is 134 g/mol. The second-order valence-electron chi connectivity index (χ2n) is 4.47. The minimum absolute atomic E-state index is 0.874. The highest BCUT2D eigenvalue weighted by Crippen LogP contribution is 2.33. The van der Waals surface area contributed by atoms with Crippen LogP contribution in [0.15, 0.2) is 0 Å². The molecule has 2 aliphatic heterocycles. The maximum atomic E-state index is 2.73. The van der Waals surface area contributed by atoms with Crippen molar-refractivity contribution in [3.63, 3.8) is 0 Å². The minimum Gasteiger partial charge on any atom is -0.297 e. The lowest BCUT2D eigenvalue weighted by Crippen LogP contribution is -2.40. The molecule has 2 saturated heterocycles. The van der Waals surface area contributed by atoms with Crippen molar-refractivity contribution >= 4 is 0 Å². The number of piperidine rings is 1. The normalized spacial score (nSPS) is 45.8. The van der Waals surface area contributed by atoms with Crippen LogP contribution in [-0.2, 0) is 0 Å². The highest BCUT2D eigenvalue weighted by atomic mass is 15.2. The first kappa shape index (κ1) is 7.60. The topological polar surface area (TPSA) is 3.24 Å². The Morgan fingerprint density at radius 2 is 2.00 bits per heavy atom. The number of hydrogen-bond acceptors (Lipinski definition) is 1. The van der Waals surface area contributed by atoms with Crippen LogP contribution in [0.4, 0.5) is 0 Å². The highest BCUT2D eigenvalue weighted by Gasteiger charge is 2.34. The van der Waals surface area contributed by atoms with Crippen LogP contribution in [0, 0.1) is 5.92 Å². The first-order valence-corrected chi connectivity index (χ1v) is 5.03. The molecule has 3 atom stereocenters. The lowest BCUT2D eigenvalue weighted by Gasteiger charge is -2.35. The Hall–Kier alpha value is -0.0400. The molecule has 2 aliphatic rings. The lowest BCUT2D eigenvalue weighted by atomic mass is 9.97. The van der Waals surface area contributed by atoms with E-state index in [0.29, 0.717) is 0 Å². The fraction of sp³-hybridized carbons (Fsp3) is 1.00. The van der Waals surface area contributed by atoms with Gasteiger partial charge in [-0.1, -0.05) is 13.3 Å². The SMILES string of the molecule is CC1CC2CCCC(C)N2C1. The molecule has 11 heavy (non-hydrogen) atoms. The summed E-state index contributed by atoms with van der Waals surface area (Å²) in [7, 11) is 0. The Balaban J connectivity index is 2.03. The van der Waals surface area contributed by atoms with E-state index in [2.05, 4.69) is 18.7 Å². The first-order valence-electron chi connectivity index (χ1n) is 5.03. The molecule has 2 fully saturated rings. The molecule has 0 radical (unpaired) electrons. The molecule has 0 aromatic heterocycles. The fourth-order valence-electron chi connectivity index (χ4n) is 2.82. The smallest absolute Gasteiger partial charge is 0.0101 e. The fourth-order valence-corrected chi connectivity index (χ4v) is 2.82. The van der Waals surface area contributed by atoms with E-state index in [1.165, 1.54) is 32.2 Å². The number of nitrogens with zero attached hydrogens (tertiary/aromatic N) is 1. The van der Waals surface area contributed by atoms with Gasteiger partial charge in [-0.2, -0.15) is 0 Å². The van der Waals surface area contributed by atoms with Gasteiger partial charge in [-0.15, -0.1) is 0 Å². The van der Waals surface area contributed by atoms with Crippen molar-refractivity contribution in [2.45, 2.75) is 51.6 Å². The molecule has 0 N–H and O–H groups in total. The van der Waals surface area contributed by atoms with Gasteiger partial charge < -0.3 is 0 Å². The molecule has 0 aliphatic carbocycles. The van der Waals surface area contributed by atoms with Crippen LogP contribution in [0.2, 0.25) is 0 Å². The zero-order chi connectivity index (χ0) is 7.84. The van der Waals surface area contributed by atoms with Crippen molar-refractivity contribution in [2.75, 3.05) is 6.54 Å². The predicted octanol–water partition coefficient (Wildman–Crippen LogP) is 2.27. The van der Waals surface area contributed by atoms with Crippen molar-refractivity contribution in [3.05, 3.63) is 0 Å². The summed E-state index contributed by atoms with van der Waals surface area (Å²) in [5.41, 5.74) is 0. The number of fused-ring (bicyclic) bond motifs is 1. The summed E-state index contributed by atoms with van der Waals surface area (Å²) in [6.07, 6.45) is 5.83. The van der Waals surface area contributed by atoms with Crippen molar-refractivity contribution in [3.8, 4) is 0 Å². The monoisotopic (exact) mass is 153 g/mol. The largest absolute Gasteiger partial charge is 0.297 e. The van der Waals surface area contributed by atoms with Gasteiger partial charge in [0.2, 0.25) is 0 Å². The van der Waals surface area contributed by atoms with E-state index < -0.39 is 0 Å². The zero-order valence-corrected chi connectivity index (χ0v) is 7.71. The van der Waals surface area contributed by atoms with Crippen LogP contribution < -0.4 is 0 Å². The standard InChI is InChI=1S/C10H19N/c1-8-6-10-5-3-4-9(2)11(10)7-8/h8-10H,3-7H2,1-2H3. The van der Waals surface area contributed by atoms with Crippen LogP contribution in [0.3, 0.4) is 0 Å². The van der Waals surface area contributed by atoms with Crippen molar-refractivity contribution < 1.29 is 0 Å². The second kappa shape index (κ2) is 2.78. The minimum atomic E-state index is 0.874. The molecule has 0 aromatic rings. The van der Waals surface area contributed by atoms with Crippen LogP contribution in [0.25, 0.3) is 0 Å². The van der Waals surface area contributed by atoms with E-state index in [1.807, 2.05) is 0 Å². The van der Waals surface area contributed by atoms with Gasteiger partial charge in [0.1, 0.15) is 0 Å². The molecule has 0 saturated carbocycles. The molecule has 0 bridgehead atoms. The Labute approximate surface area is 69.8 Å². The van der Waals surface area contributed by atoms with Crippen molar-refractivity contribution in [1.29, 1.82) is 0 Å². The van der Waals surface area contributed by atoms with Crippen LogP contribution in [-0.4, -0.2) is 23.5 Å². The zero-order valence-electron chi connectivity index (χ0n) is 7.71.